The van der Waals surface area contributed by atoms with Crippen LogP contribution in [0.3, 0.4) is 0 Å². The van der Waals surface area contributed by atoms with Crippen LogP contribution in [0.2, 0.25) is 0 Å². The maximum Gasteiger partial charge on any atom is 0.107 e. The lowest BCUT2D eigenvalue weighted by molar-refractivity contribution is 0.696. The molecule has 0 saturated carbocycles. The van der Waals surface area contributed by atoms with Crippen molar-refractivity contribution in [3.05, 3.63) is 99.5 Å². The Morgan fingerprint density at radius 1 is 0.679 bits per heavy atom. The Balaban J connectivity index is 1.84. The maximum absolute atomic E-state index is 5.00. The van der Waals surface area contributed by atoms with Gasteiger partial charge in [-0.25, -0.2) is 0 Å². The van der Waals surface area contributed by atoms with E-state index in [1.54, 1.807) is 0 Å². The lowest BCUT2D eigenvalue weighted by Crippen LogP contribution is -2.04. The molecule has 0 spiro atoms. The highest BCUT2D eigenvalue weighted by Gasteiger charge is 2.19. The van der Waals surface area contributed by atoms with E-state index in [-0.39, 0.29) is 0 Å². The Kier molecular flexibility index (Phi) is 5.19. The summed E-state index contributed by atoms with van der Waals surface area (Å²) in [4.78, 5) is 0. The predicted octanol–water partition coefficient (Wildman–Crippen LogP) is 6.95. The monoisotopic (exact) mass is 430 g/mol. The van der Waals surface area contributed by atoms with Gasteiger partial charge in [-0.05, 0) is 42.3 Å². The zero-order valence-electron chi connectivity index (χ0n) is 16.4. The van der Waals surface area contributed by atoms with Gasteiger partial charge in [-0.1, -0.05) is 89.5 Å². The molecular formula is C25H23BrN2. The highest BCUT2D eigenvalue weighted by atomic mass is 79.9. The molecule has 0 atom stereocenters. The molecule has 1 aromatic heterocycles. The first-order valence-electron chi connectivity index (χ1n) is 9.47. The number of aryl methyl sites for hydroxylation is 3. The molecule has 4 aromatic rings. The van der Waals surface area contributed by atoms with Crippen LogP contribution in [-0.4, -0.2) is 9.78 Å². The molecule has 0 unspecified atom stereocenters. The molecule has 0 aliphatic heterocycles. The van der Waals surface area contributed by atoms with E-state index >= 15 is 0 Å². The third kappa shape index (κ3) is 3.81. The molecular weight excluding hydrogens is 408 g/mol. The number of hydrogen-bond acceptors (Lipinski definition) is 1. The summed E-state index contributed by atoms with van der Waals surface area (Å²) >= 11 is 3.85. The topological polar surface area (TPSA) is 17.8 Å². The second-order valence-corrected chi connectivity index (χ2v) is 8.18. The largest absolute Gasteiger partial charge is 0.259 e. The molecule has 140 valence electrons. The molecule has 0 aliphatic rings. The molecule has 28 heavy (non-hydrogen) atoms. The van der Waals surface area contributed by atoms with Crippen LogP contribution in [0, 0.1) is 20.8 Å². The SMILES string of the molecule is Cc1ccc(Cn2nc(-c3ccc(C)cc3)c(Br)c2-c2ccc(C)cc2)cc1. The van der Waals surface area contributed by atoms with Crippen LogP contribution in [0.5, 0.6) is 0 Å². The van der Waals surface area contributed by atoms with E-state index in [4.69, 9.17) is 5.10 Å². The number of aromatic nitrogens is 2. The van der Waals surface area contributed by atoms with Crippen molar-refractivity contribution in [3.8, 4) is 22.5 Å². The number of hydrogen-bond donors (Lipinski definition) is 0. The smallest absolute Gasteiger partial charge is 0.107 e. The first-order valence-corrected chi connectivity index (χ1v) is 10.3. The normalized spacial score (nSPS) is 11.0. The van der Waals surface area contributed by atoms with Crippen molar-refractivity contribution < 1.29 is 0 Å². The number of rotatable bonds is 4. The van der Waals surface area contributed by atoms with Crippen LogP contribution in [0.15, 0.2) is 77.3 Å². The zero-order valence-corrected chi connectivity index (χ0v) is 18.0. The average Bonchev–Trinajstić information content (AvgIpc) is 3.01. The summed E-state index contributed by atoms with van der Waals surface area (Å²) in [6.45, 7) is 7.06. The minimum absolute atomic E-state index is 0.730. The van der Waals surface area contributed by atoms with Crippen LogP contribution in [0.25, 0.3) is 22.5 Å². The molecule has 0 aliphatic carbocycles. The van der Waals surface area contributed by atoms with Gasteiger partial charge in [0.1, 0.15) is 5.69 Å². The Morgan fingerprint density at radius 3 is 1.68 bits per heavy atom. The summed E-state index contributed by atoms with van der Waals surface area (Å²) in [5.74, 6) is 0. The molecule has 0 N–H and O–H groups in total. The summed E-state index contributed by atoms with van der Waals surface area (Å²) in [5.41, 5.74) is 9.37. The molecule has 2 nitrogen and oxygen atoms in total. The van der Waals surface area contributed by atoms with Crippen molar-refractivity contribution >= 4 is 15.9 Å². The molecule has 0 saturated heterocycles. The van der Waals surface area contributed by atoms with Gasteiger partial charge in [0.05, 0.1) is 16.7 Å². The van der Waals surface area contributed by atoms with Crippen molar-refractivity contribution in [1.29, 1.82) is 0 Å². The molecule has 0 amide bonds. The van der Waals surface area contributed by atoms with Crippen LogP contribution in [0.4, 0.5) is 0 Å². The fraction of sp³-hybridized carbons (Fsp3) is 0.160. The third-order valence-corrected chi connectivity index (χ3v) is 5.75. The van der Waals surface area contributed by atoms with Crippen molar-refractivity contribution in [2.45, 2.75) is 27.3 Å². The van der Waals surface area contributed by atoms with Crippen LogP contribution >= 0.6 is 15.9 Å². The molecule has 1 heterocycles. The first-order chi connectivity index (χ1) is 13.5. The van der Waals surface area contributed by atoms with E-state index in [1.807, 2.05) is 0 Å². The van der Waals surface area contributed by atoms with Gasteiger partial charge in [-0.3, -0.25) is 4.68 Å². The Bertz CT molecular complexity index is 1090. The number of nitrogens with zero attached hydrogens (tertiary/aromatic N) is 2. The molecule has 4 rings (SSSR count). The quantitative estimate of drug-likeness (QED) is 0.342. The highest BCUT2D eigenvalue weighted by molar-refractivity contribution is 9.10. The van der Waals surface area contributed by atoms with E-state index in [0.29, 0.717) is 0 Å². The van der Waals surface area contributed by atoms with Gasteiger partial charge in [0.15, 0.2) is 0 Å². The second kappa shape index (κ2) is 7.76. The van der Waals surface area contributed by atoms with Gasteiger partial charge < -0.3 is 0 Å². The summed E-state index contributed by atoms with van der Waals surface area (Å²) in [7, 11) is 0. The Hall–Kier alpha value is -2.65. The zero-order chi connectivity index (χ0) is 19.7. The fourth-order valence-corrected chi connectivity index (χ4v) is 4.05. The second-order valence-electron chi connectivity index (χ2n) is 7.39. The average molecular weight is 431 g/mol. The number of halogens is 1. The van der Waals surface area contributed by atoms with Gasteiger partial charge in [-0.2, -0.15) is 5.10 Å². The van der Waals surface area contributed by atoms with E-state index in [9.17, 15) is 0 Å². The minimum Gasteiger partial charge on any atom is -0.259 e. The van der Waals surface area contributed by atoms with Gasteiger partial charge in [0.2, 0.25) is 0 Å². The maximum atomic E-state index is 5.00. The van der Waals surface area contributed by atoms with Crippen molar-refractivity contribution in [2.75, 3.05) is 0 Å². The van der Waals surface area contributed by atoms with Crippen molar-refractivity contribution in [2.24, 2.45) is 0 Å². The standard InChI is InChI=1S/C25H23BrN2/c1-17-4-10-20(11-5-17)16-28-25(22-14-8-19(3)9-15-22)23(26)24(27-28)21-12-6-18(2)7-13-21/h4-15H,16H2,1-3H3. The van der Waals surface area contributed by atoms with Crippen LogP contribution in [-0.2, 0) is 6.54 Å². The Morgan fingerprint density at radius 2 is 1.14 bits per heavy atom. The highest BCUT2D eigenvalue weighted by Crippen LogP contribution is 2.37. The van der Waals surface area contributed by atoms with Crippen LogP contribution in [0.1, 0.15) is 22.3 Å². The van der Waals surface area contributed by atoms with Crippen molar-refractivity contribution in [1.82, 2.24) is 9.78 Å². The van der Waals surface area contributed by atoms with E-state index in [1.165, 1.54) is 22.3 Å². The van der Waals surface area contributed by atoms with Gasteiger partial charge in [0.25, 0.3) is 0 Å². The van der Waals surface area contributed by atoms with Crippen LogP contribution < -0.4 is 0 Å². The van der Waals surface area contributed by atoms with Crippen molar-refractivity contribution in [3.63, 3.8) is 0 Å². The summed E-state index contributed by atoms with van der Waals surface area (Å²) < 4.78 is 3.14. The molecule has 0 bridgehead atoms. The van der Waals surface area contributed by atoms with Gasteiger partial charge in [-0.15, -0.1) is 0 Å². The third-order valence-electron chi connectivity index (χ3n) is 5.00. The van der Waals surface area contributed by atoms with E-state index in [2.05, 4.69) is 114 Å². The van der Waals surface area contributed by atoms with Gasteiger partial charge in [0, 0.05) is 11.1 Å². The Labute approximate surface area is 175 Å². The lowest BCUT2D eigenvalue weighted by Gasteiger charge is -2.09. The first kappa shape index (κ1) is 18.7. The minimum atomic E-state index is 0.730. The summed E-state index contributed by atoms with van der Waals surface area (Å²) in [6.07, 6.45) is 0. The van der Waals surface area contributed by atoms with Gasteiger partial charge >= 0.3 is 0 Å². The molecule has 3 heteroatoms. The molecule has 0 radical (unpaired) electrons. The molecule has 0 fully saturated rings. The lowest BCUT2D eigenvalue weighted by atomic mass is 10.1. The van der Waals surface area contributed by atoms with E-state index in [0.717, 1.165) is 33.5 Å². The predicted molar refractivity (Wildman–Crippen MR) is 121 cm³/mol. The summed E-state index contributed by atoms with van der Waals surface area (Å²) in [5, 5.41) is 5.00. The summed E-state index contributed by atoms with van der Waals surface area (Å²) in [6, 6.07) is 25.8. The number of benzene rings is 3. The molecule has 3 aromatic carbocycles. The van der Waals surface area contributed by atoms with E-state index < -0.39 is 0 Å². The fourth-order valence-electron chi connectivity index (χ4n) is 3.30.